The third kappa shape index (κ3) is 7.24. The van der Waals surface area contributed by atoms with Crippen molar-refractivity contribution in [3.05, 3.63) is 88.2 Å². The quantitative estimate of drug-likeness (QED) is 0.249. The molecule has 0 aliphatic carbocycles. The number of ether oxygens (including phenoxy) is 3. The predicted molar refractivity (Wildman–Crippen MR) is 132 cm³/mol. The summed E-state index contributed by atoms with van der Waals surface area (Å²) in [6.45, 7) is 3.47. The highest BCUT2D eigenvalue weighted by molar-refractivity contribution is 5.97. The molecule has 0 heterocycles. The van der Waals surface area contributed by atoms with Crippen LogP contribution in [-0.4, -0.2) is 26.1 Å². The van der Waals surface area contributed by atoms with Crippen molar-refractivity contribution in [2.24, 2.45) is 0 Å². The van der Waals surface area contributed by atoms with Crippen LogP contribution in [0.2, 0.25) is 0 Å². The summed E-state index contributed by atoms with van der Waals surface area (Å²) in [5.74, 6) is -1.19. The Hall–Kier alpha value is -4.08. The fourth-order valence-electron chi connectivity index (χ4n) is 3.79. The first-order valence-electron chi connectivity index (χ1n) is 11.6. The van der Waals surface area contributed by atoms with Crippen LogP contribution in [-0.2, 0) is 22.1 Å². The lowest BCUT2D eigenvalue weighted by atomic mass is 10.0. The summed E-state index contributed by atoms with van der Waals surface area (Å²) in [5, 5.41) is 2.65. The number of esters is 1. The van der Waals surface area contributed by atoms with E-state index in [1.807, 2.05) is 13.0 Å². The van der Waals surface area contributed by atoms with Crippen molar-refractivity contribution in [1.82, 2.24) is 5.32 Å². The van der Waals surface area contributed by atoms with Crippen LogP contribution in [0.25, 0.3) is 0 Å². The highest BCUT2D eigenvalue weighted by atomic mass is 19.4. The molecule has 3 aromatic carbocycles. The van der Waals surface area contributed by atoms with Crippen molar-refractivity contribution in [1.29, 1.82) is 0 Å². The molecule has 0 saturated carbocycles. The summed E-state index contributed by atoms with van der Waals surface area (Å²) < 4.78 is 68.9. The van der Waals surface area contributed by atoms with E-state index in [4.69, 9.17) is 9.47 Å². The largest absolute Gasteiger partial charge is 0.496 e. The minimum atomic E-state index is -4.59. The average Bonchev–Trinajstić information content (AvgIpc) is 2.86. The van der Waals surface area contributed by atoms with E-state index in [1.165, 1.54) is 26.4 Å². The molecule has 10 heteroatoms. The van der Waals surface area contributed by atoms with Crippen LogP contribution in [0.1, 0.15) is 52.0 Å². The minimum Gasteiger partial charge on any atom is -0.496 e. The second-order valence-electron chi connectivity index (χ2n) is 8.59. The third-order valence-electron chi connectivity index (χ3n) is 5.89. The molecule has 0 radical (unpaired) electrons. The van der Waals surface area contributed by atoms with Crippen molar-refractivity contribution in [2.75, 3.05) is 14.2 Å². The van der Waals surface area contributed by atoms with Crippen LogP contribution in [0, 0.1) is 12.7 Å². The van der Waals surface area contributed by atoms with E-state index in [9.17, 15) is 27.2 Å². The van der Waals surface area contributed by atoms with E-state index in [1.54, 1.807) is 25.1 Å². The number of alkyl halides is 3. The van der Waals surface area contributed by atoms with Crippen molar-refractivity contribution >= 4 is 11.9 Å². The van der Waals surface area contributed by atoms with Crippen molar-refractivity contribution in [3.63, 3.8) is 0 Å². The zero-order valence-corrected chi connectivity index (χ0v) is 21.2. The number of aryl methyl sites for hydroxylation is 2. The van der Waals surface area contributed by atoms with E-state index >= 15 is 0 Å². The van der Waals surface area contributed by atoms with Gasteiger partial charge in [0.25, 0.3) is 5.91 Å². The fraction of sp³-hybridized carbons (Fsp3) is 0.286. The van der Waals surface area contributed by atoms with Crippen molar-refractivity contribution in [2.45, 2.75) is 38.9 Å². The molecule has 0 aromatic heterocycles. The van der Waals surface area contributed by atoms with Gasteiger partial charge in [-0.25, -0.2) is 4.39 Å². The molecule has 1 N–H and O–H groups in total. The normalized spacial score (nSPS) is 12.0. The van der Waals surface area contributed by atoms with Crippen LogP contribution >= 0.6 is 0 Å². The maximum atomic E-state index is 14.4. The summed E-state index contributed by atoms with van der Waals surface area (Å²) in [6.07, 6.45) is -3.84. The first kappa shape index (κ1) is 28.5. The highest BCUT2D eigenvalue weighted by Crippen LogP contribution is 2.33. The topological polar surface area (TPSA) is 73.9 Å². The van der Waals surface area contributed by atoms with Crippen LogP contribution in [0.3, 0.4) is 0 Å². The number of hydrogen-bond acceptors (Lipinski definition) is 5. The molecule has 202 valence electrons. The zero-order valence-electron chi connectivity index (χ0n) is 21.2. The zero-order chi connectivity index (χ0) is 28.0. The van der Waals surface area contributed by atoms with Crippen LogP contribution in [0.15, 0.2) is 54.6 Å². The van der Waals surface area contributed by atoms with Gasteiger partial charge in [0.2, 0.25) is 0 Å². The SMILES string of the molecule is COC(=O)CCc1ccc(Oc2cc(F)cc(C(C)NC(=O)c3ccc(C(F)(F)F)cc3OC)c2)cc1C. The molecule has 0 aliphatic rings. The number of carbonyl (C=O) groups is 2. The number of hydrogen-bond donors (Lipinski definition) is 1. The lowest BCUT2D eigenvalue weighted by molar-refractivity contribution is -0.140. The van der Waals surface area contributed by atoms with E-state index in [0.29, 0.717) is 17.7 Å². The maximum absolute atomic E-state index is 14.4. The van der Waals surface area contributed by atoms with E-state index in [2.05, 4.69) is 10.1 Å². The molecular formula is C28H27F4NO5. The van der Waals surface area contributed by atoms with Gasteiger partial charge in [-0.15, -0.1) is 0 Å². The second kappa shape index (κ2) is 12.0. The maximum Gasteiger partial charge on any atom is 0.416 e. The van der Waals surface area contributed by atoms with Crippen LogP contribution in [0.4, 0.5) is 17.6 Å². The van der Waals surface area contributed by atoms with Crippen LogP contribution in [0.5, 0.6) is 17.2 Å². The van der Waals surface area contributed by atoms with Gasteiger partial charge in [-0.05, 0) is 79.4 Å². The standard InChI is InChI=1S/C28H27F4NO5/c1-16-11-22(8-5-18(16)6-10-26(34)37-4)38-23-13-19(12-21(29)15-23)17(2)33-27(35)24-9-7-20(28(30,31)32)14-25(24)36-3/h5,7-9,11-15,17H,6,10H2,1-4H3,(H,33,35). The lowest BCUT2D eigenvalue weighted by Gasteiger charge is -2.18. The number of amides is 1. The van der Waals surface area contributed by atoms with E-state index in [-0.39, 0.29) is 29.5 Å². The van der Waals surface area contributed by atoms with Crippen LogP contribution < -0.4 is 14.8 Å². The lowest BCUT2D eigenvalue weighted by Crippen LogP contribution is -2.27. The summed E-state index contributed by atoms with van der Waals surface area (Å²) >= 11 is 0. The predicted octanol–water partition coefficient (Wildman–Crippen LogP) is 6.55. The molecule has 0 fully saturated rings. The monoisotopic (exact) mass is 533 g/mol. The van der Waals surface area contributed by atoms with Gasteiger partial charge in [-0.1, -0.05) is 6.07 Å². The molecular weight excluding hydrogens is 506 g/mol. The molecule has 0 aliphatic heterocycles. The first-order valence-corrected chi connectivity index (χ1v) is 11.6. The number of carbonyl (C=O) groups excluding carboxylic acids is 2. The Morgan fingerprint density at radius 2 is 1.71 bits per heavy atom. The number of rotatable bonds is 9. The highest BCUT2D eigenvalue weighted by Gasteiger charge is 2.32. The molecule has 38 heavy (non-hydrogen) atoms. The molecule has 3 rings (SSSR count). The van der Waals surface area contributed by atoms with E-state index < -0.39 is 29.5 Å². The Kier molecular flexibility index (Phi) is 8.98. The van der Waals surface area contributed by atoms with Gasteiger partial charge in [0, 0.05) is 12.5 Å². The van der Waals surface area contributed by atoms with Gasteiger partial charge in [0.15, 0.2) is 0 Å². The smallest absolute Gasteiger partial charge is 0.416 e. The number of nitrogens with one attached hydrogen (secondary N) is 1. The average molecular weight is 534 g/mol. The van der Waals surface area contributed by atoms with Gasteiger partial charge in [0.1, 0.15) is 23.1 Å². The number of methoxy groups -OCH3 is 2. The first-order chi connectivity index (χ1) is 17.9. The molecule has 0 saturated heterocycles. The molecule has 1 atom stereocenters. The Bertz CT molecular complexity index is 1320. The Labute approximate surface area is 217 Å². The van der Waals surface area contributed by atoms with Gasteiger partial charge < -0.3 is 19.5 Å². The Balaban J connectivity index is 1.75. The van der Waals surface area contributed by atoms with Gasteiger partial charge in [0.05, 0.1) is 31.4 Å². The van der Waals surface area contributed by atoms with Gasteiger partial charge in [-0.2, -0.15) is 13.2 Å². The molecule has 1 amide bonds. The van der Waals surface area contributed by atoms with Gasteiger partial charge >= 0.3 is 12.1 Å². The minimum absolute atomic E-state index is 0.0945. The molecule has 1 unspecified atom stereocenters. The fourth-order valence-corrected chi connectivity index (χ4v) is 3.79. The van der Waals surface area contributed by atoms with Crippen molar-refractivity contribution in [3.8, 4) is 17.2 Å². The molecule has 0 bridgehead atoms. The molecule has 6 nitrogen and oxygen atoms in total. The van der Waals surface area contributed by atoms with Crippen molar-refractivity contribution < 1.29 is 41.4 Å². The van der Waals surface area contributed by atoms with Gasteiger partial charge in [-0.3, -0.25) is 9.59 Å². The van der Waals surface area contributed by atoms with E-state index in [0.717, 1.165) is 29.3 Å². The number of halogens is 4. The Morgan fingerprint density at radius 3 is 2.34 bits per heavy atom. The summed E-state index contributed by atoms with van der Waals surface area (Å²) in [7, 11) is 2.50. The molecule has 0 spiro atoms. The second-order valence-corrected chi connectivity index (χ2v) is 8.59. The Morgan fingerprint density at radius 1 is 0.974 bits per heavy atom. The number of benzene rings is 3. The molecule has 3 aromatic rings. The summed E-state index contributed by atoms with van der Waals surface area (Å²) in [6, 6.07) is 11.1. The third-order valence-corrected chi connectivity index (χ3v) is 5.89. The summed E-state index contributed by atoms with van der Waals surface area (Å²) in [5.41, 5.74) is 1.16. The summed E-state index contributed by atoms with van der Waals surface area (Å²) in [4.78, 5) is 24.2.